The molecule has 0 aliphatic carbocycles. The average Bonchev–Trinajstić information content (AvgIpc) is 2.78. The Morgan fingerprint density at radius 3 is 2.85 bits per heavy atom. The molecule has 0 saturated carbocycles. The maximum absolute atomic E-state index is 12.1. The maximum atomic E-state index is 12.1. The Bertz CT molecular complexity index is 664. The van der Waals surface area contributed by atoms with Crippen LogP contribution in [0.1, 0.15) is 22.2 Å². The molecular weight excluding hydrogens is 292 g/mol. The molecule has 0 aliphatic heterocycles. The lowest BCUT2D eigenvalue weighted by Crippen LogP contribution is -2.27. The zero-order chi connectivity index (χ0) is 14.7. The number of carbonyl (C=O) groups excluding carboxylic acids is 1. The van der Waals surface area contributed by atoms with Gasteiger partial charge in [-0.05, 0) is 12.5 Å². The molecule has 4 nitrogen and oxygen atoms in total. The number of nitrogen functional groups attached to an aromatic ring is 1. The first-order chi connectivity index (χ1) is 9.54. The third-order valence-corrected chi connectivity index (χ3v) is 5.75. The standard InChI is InChI=1S/C14H18N2O2S2/c1-3-20(18)8-7-16-14(17)13-11(15)10-6-4-5-9(2)12(10)19-13/h4-6H,3,7-8,15H2,1-2H3,(H,16,17). The number of fused-ring (bicyclic) bond motifs is 1. The SMILES string of the molecule is CCS(=O)CCNC(=O)c1sc2c(C)cccc2c1N. The zero-order valence-corrected chi connectivity index (χ0v) is 13.2. The molecule has 1 heterocycles. The molecule has 0 spiro atoms. The second-order valence-electron chi connectivity index (χ2n) is 4.48. The summed E-state index contributed by atoms with van der Waals surface area (Å²) in [5.74, 6) is 0.905. The van der Waals surface area contributed by atoms with Gasteiger partial charge in [0.15, 0.2) is 0 Å². The summed E-state index contributed by atoms with van der Waals surface area (Å²) >= 11 is 1.41. The van der Waals surface area contributed by atoms with Gasteiger partial charge in [-0.25, -0.2) is 0 Å². The number of carbonyl (C=O) groups is 1. The summed E-state index contributed by atoms with van der Waals surface area (Å²) in [6.07, 6.45) is 0. The lowest BCUT2D eigenvalue weighted by molar-refractivity contribution is 0.0961. The third-order valence-electron chi connectivity index (χ3n) is 3.09. The normalized spacial score (nSPS) is 12.5. The number of amides is 1. The number of anilines is 1. The molecule has 1 amide bonds. The molecule has 1 unspecified atom stereocenters. The highest BCUT2D eigenvalue weighted by Gasteiger charge is 2.16. The molecule has 2 rings (SSSR count). The fraction of sp³-hybridized carbons (Fsp3) is 0.357. The van der Waals surface area contributed by atoms with Crippen LogP contribution in [0.15, 0.2) is 18.2 Å². The number of benzene rings is 1. The van der Waals surface area contributed by atoms with E-state index in [1.54, 1.807) is 0 Å². The summed E-state index contributed by atoms with van der Waals surface area (Å²) in [6.45, 7) is 4.28. The van der Waals surface area contributed by atoms with Crippen LogP contribution in [-0.2, 0) is 10.8 Å². The average molecular weight is 310 g/mol. The topological polar surface area (TPSA) is 72.2 Å². The Kier molecular flexibility index (Phi) is 4.77. The van der Waals surface area contributed by atoms with E-state index in [-0.39, 0.29) is 5.91 Å². The van der Waals surface area contributed by atoms with E-state index in [1.807, 2.05) is 32.0 Å². The van der Waals surface area contributed by atoms with Crippen LogP contribution in [0.3, 0.4) is 0 Å². The Labute approximate surface area is 124 Å². The molecule has 1 atom stereocenters. The molecule has 108 valence electrons. The fourth-order valence-electron chi connectivity index (χ4n) is 1.95. The lowest BCUT2D eigenvalue weighted by Gasteiger charge is -2.03. The molecular formula is C14H18N2O2S2. The summed E-state index contributed by atoms with van der Waals surface area (Å²) in [5, 5.41) is 3.71. The minimum Gasteiger partial charge on any atom is -0.397 e. The Hall–Kier alpha value is -1.40. The van der Waals surface area contributed by atoms with Gasteiger partial charge in [-0.2, -0.15) is 0 Å². The molecule has 3 N–H and O–H groups in total. The number of thiophene rings is 1. The summed E-state index contributed by atoms with van der Waals surface area (Å²) in [5.41, 5.74) is 7.70. The minimum absolute atomic E-state index is 0.184. The van der Waals surface area contributed by atoms with Crippen LogP contribution in [-0.4, -0.2) is 28.2 Å². The Morgan fingerprint density at radius 1 is 1.45 bits per heavy atom. The van der Waals surface area contributed by atoms with Crippen molar-refractivity contribution in [1.29, 1.82) is 0 Å². The molecule has 1 aromatic carbocycles. The molecule has 0 radical (unpaired) electrons. The van der Waals surface area contributed by atoms with E-state index in [1.165, 1.54) is 11.3 Å². The summed E-state index contributed by atoms with van der Waals surface area (Å²) in [6, 6.07) is 5.87. The van der Waals surface area contributed by atoms with Gasteiger partial charge in [0.1, 0.15) is 4.88 Å². The molecule has 0 saturated heterocycles. The van der Waals surface area contributed by atoms with Crippen molar-refractivity contribution in [3.8, 4) is 0 Å². The van der Waals surface area contributed by atoms with Gasteiger partial charge in [0.05, 0.1) is 5.69 Å². The first-order valence-electron chi connectivity index (χ1n) is 6.45. The van der Waals surface area contributed by atoms with Gasteiger partial charge >= 0.3 is 0 Å². The van der Waals surface area contributed by atoms with Gasteiger partial charge in [-0.1, -0.05) is 25.1 Å². The van der Waals surface area contributed by atoms with Gasteiger partial charge in [0.2, 0.25) is 0 Å². The maximum Gasteiger partial charge on any atom is 0.263 e. The highest BCUT2D eigenvalue weighted by molar-refractivity contribution is 7.84. The first kappa shape index (κ1) is 15.0. The lowest BCUT2D eigenvalue weighted by atomic mass is 10.1. The van der Waals surface area contributed by atoms with Crippen molar-refractivity contribution < 1.29 is 9.00 Å². The zero-order valence-electron chi connectivity index (χ0n) is 11.6. The van der Waals surface area contributed by atoms with E-state index in [4.69, 9.17) is 5.73 Å². The summed E-state index contributed by atoms with van der Waals surface area (Å²) in [7, 11) is -0.866. The molecule has 0 fully saturated rings. The monoisotopic (exact) mass is 310 g/mol. The van der Waals surface area contributed by atoms with Gasteiger partial charge in [-0.3, -0.25) is 9.00 Å². The second kappa shape index (κ2) is 6.37. The molecule has 6 heteroatoms. The number of rotatable bonds is 5. The van der Waals surface area contributed by atoms with Crippen LogP contribution < -0.4 is 11.1 Å². The number of hydrogen-bond donors (Lipinski definition) is 2. The summed E-state index contributed by atoms with van der Waals surface area (Å²) in [4.78, 5) is 12.7. The van der Waals surface area contributed by atoms with Crippen molar-refractivity contribution in [2.75, 3.05) is 23.8 Å². The van der Waals surface area contributed by atoms with E-state index in [2.05, 4.69) is 5.32 Å². The van der Waals surface area contributed by atoms with Crippen molar-refractivity contribution in [1.82, 2.24) is 5.32 Å². The van der Waals surface area contributed by atoms with Gasteiger partial charge in [0.25, 0.3) is 5.91 Å². The van der Waals surface area contributed by atoms with Crippen molar-refractivity contribution >= 4 is 43.8 Å². The molecule has 0 bridgehead atoms. The van der Waals surface area contributed by atoms with Crippen LogP contribution in [0.2, 0.25) is 0 Å². The number of hydrogen-bond acceptors (Lipinski definition) is 4. The highest BCUT2D eigenvalue weighted by Crippen LogP contribution is 2.35. The Morgan fingerprint density at radius 2 is 2.20 bits per heavy atom. The minimum atomic E-state index is -0.866. The fourth-order valence-corrected chi connectivity index (χ4v) is 3.68. The van der Waals surface area contributed by atoms with E-state index in [0.717, 1.165) is 15.6 Å². The van der Waals surface area contributed by atoms with E-state index in [9.17, 15) is 9.00 Å². The van der Waals surface area contributed by atoms with Crippen LogP contribution in [0.4, 0.5) is 5.69 Å². The number of aryl methyl sites for hydroxylation is 1. The number of nitrogens with two attached hydrogens (primary N) is 1. The van der Waals surface area contributed by atoms with E-state index in [0.29, 0.717) is 28.6 Å². The summed E-state index contributed by atoms with van der Waals surface area (Å²) < 4.78 is 12.4. The smallest absolute Gasteiger partial charge is 0.263 e. The van der Waals surface area contributed by atoms with Gasteiger partial charge < -0.3 is 11.1 Å². The molecule has 2 aromatic rings. The largest absolute Gasteiger partial charge is 0.397 e. The quantitative estimate of drug-likeness (QED) is 0.890. The predicted molar refractivity (Wildman–Crippen MR) is 86.9 cm³/mol. The molecule has 20 heavy (non-hydrogen) atoms. The van der Waals surface area contributed by atoms with Gasteiger partial charge in [0, 0.05) is 38.9 Å². The van der Waals surface area contributed by atoms with Crippen molar-refractivity contribution in [2.45, 2.75) is 13.8 Å². The Balaban J connectivity index is 2.16. The van der Waals surface area contributed by atoms with Crippen molar-refractivity contribution in [3.63, 3.8) is 0 Å². The third kappa shape index (κ3) is 3.02. The molecule has 0 aliphatic rings. The number of nitrogens with one attached hydrogen (secondary N) is 1. The first-order valence-corrected chi connectivity index (χ1v) is 8.75. The second-order valence-corrected chi connectivity index (χ2v) is 7.37. The molecule has 1 aromatic heterocycles. The van der Waals surface area contributed by atoms with Crippen molar-refractivity contribution in [2.24, 2.45) is 0 Å². The van der Waals surface area contributed by atoms with E-state index < -0.39 is 10.8 Å². The highest BCUT2D eigenvalue weighted by atomic mass is 32.2. The van der Waals surface area contributed by atoms with Crippen LogP contribution in [0.5, 0.6) is 0 Å². The van der Waals surface area contributed by atoms with Crippen LogP contribution in [0, 0.1) is 6.92 Å². The van der Waals surface area contributed by atoms with Crippen LogP contribution >= 0.6 is 11.3 Å². The van der Waals surface area contributed by atoms with Gasteiger partial charge in [-0.15, -0.1) is 11.3 Å². The van der Waals surface area contributed by atoms with E-state index >= 15 is 0 Å². The van der Waals surface area contributed by atoms with Crippen LogP contribution in [0.25, 0.3) is 10.1 Å². The van der Waals surface area contributed by atoms with Crippen molar-refractivity contribution in [3.05, 3.63) is 28.6 Å². The predicted octanol–water partition coefficient (Wildman–Crippen LogP) is 2.29.